The third-order valence-electron chi connectivity index (χ3n) is 3.82. The first kappa shape index (κ1) is 15.3. The summed E-state index contributed by atoms with van der Waals surface area (Å²) in [6.07, 6.45) is 5.08. The van der Waals surface area contributed by atoms with Crippen molar-refractivity contribution in [2.75, 3.05) is 19.8 Å². The quantitative estimate of drug-likeness (QED) is 0.824. The minimum absolute atomic E-state index is 0.311. The van der Waals surface area contributed by atoms with Crippen molar-refractivity contribution < 1.29 is 9.47 Å². The maximum absolute atomic E-state index is 5.90. The van der Waals surface area contributed by atoms with Crippen LogP contribution in [0.4, 0.5) is 0 Å². The fourth-order valence-electron chi connectivity index (χ4n) is 2.88. The summed E-state index contributed by atoms with van der Waals surface area (Å²) in [5, 5.41) is 3.59. The Kier molecular flexibility index (Phi) is 6.34. The molecule has 0 aliphatic carbocycles. The van der Waals surface area contributed by atoms with Crippen molar-refractivity contribution in [3.05, 3.63) is 29.8 Å². The standard InChI is InChI=1S/C17H27NO2/c1-3-18-16(13-14-9-7-8-12-20-14)15-10-5-6-11-17(15)19-4-2/h5-6,10-11,14,16,18H,3-4,7-9,12-13H2,1-2H3. The van der Waals surface area contributed by atoms with Crippen molar-refractivity contribution in [2.45, 2.75) is 51.7 Å². The predicted molar refractivity (Wildman–Crippen MR) is 82.2 cm³/mol. The molecule has 0 aromatic heterocycles. The average Bonchev–Trinajstić information content (AvgIpc) is 2.49. The van der Waals surface area contributed by atoms with E-state index in [4.69, 9.17) is 9.47 Å². The van der Waals surface area contributed by atoms with Gasteiger partial charge in [0.1, 0.15) is 5.75 Å². The average molecular weight is 277 g/mol. The summed E-state index contributed by atoms with van der Waals surface area (Å²) in [6, 6.07) is 8.66. The molecule has 2 atom stereocenters. The summed E-state index contributed by atoms with van der Waals surface area (Å²) in [5.41, 5.74) is 1.25. The molecule has 0 spiro atoms. The van der Waals surface area contributed by atoms with Gasteiger partial charge in [-0.1, -0.05) is 25.1 Å². The van der Waals surface area contributed by atoms with Gasteiger partial charge >= 0.3 is 0 Å². The second-order valence-electron chi connectivity index (χ2n) is 5.31. The van der Waals surface area contributed by atoms with E-state index in [1.54, 1.807) is 0 Å². The van der Waals surface area contributed by atoms with Crippen LogP contribution in [0.3, 0.4) is 0 Å². The van der Waals surface area contributed by atoms with Crippen LogP contribution in [0.5, 0.6) is 5.75 Å². The van der Waals surface area contributed by atoms with Gasteiger partial charge in [0, 0.05) is 18.2 Å². The van der Waals surface area contributed by atoms with E-state index < -0.39 is 0 Å². The largest absolute Gasteiger partial charge is 0.494 e. The van der Waals surface area contributed by atoms with E-state index in [0.29, 0.717) is 18.8 Å². The topological polar surface area (TPSA) is 30.5 Å². The lowest BCUT2D eigenvalue weighted by atomic mass is 9.96. The number of benzene rings is 1. The highest BCUT2D eigenvalue weighted by Gasteiger charge is 2.22. The molecule has 0 bridgehead atoms. The Morgan fingerprint density at radius 2 is 2.15 bits per heavy atom. The minimum Gasteiger partial charge on any atom is -0.494 e. The van der Waals surface area contributed by atoms with Crippen LogP contribution in [0, 0.1) is 0 Å². The second-order valence-corrected chi connectivity index (χ2v) is 5.31. The lowest BCUT2D eigenvalue weighted by Crippen LogP contribution is -2.29. The molecule has 1 aromatic carbocycles. The summed E-state index contributed by atoms with van der Waals surface area (Å²) >= 11 is 0. The Morgan fingerprint density at radius 1 is 1.30 bits per heavy atom. The van der Waals surface area contributed by atoms with Crippen molar-refractivity contribution in [1.29, 1.82) is 0 Å². The van der Waals surface area contributed by atoms with Crippen LogP contribution >= 0.6 is 0 Å². The van der Waals surface area contributed by atoms with Gasteiger partial charge in [-0.2, -0.15) is 0 Å². The van der Waals surface area contributed by atoms with Gasteiger partial charge in [-0.05, 0) is 45.2 Å². The maximum atomic E-state index is 5.90. The van der Waals surface area contributed by atoms with Crippen LogP contribution in [0.25, 0.3) is 0 Å². The molecule has 1 heterocycles. The highest BCUT2D eigenvalue weighted by Crippen LogP contribution is 2.30. The van der Waals surface area contributed by atoms with Gasteiger partial charge < -0.3 is 14.8 Å². The van der Waals surface area contributed by atoms with Gasteiger partial charge in [0.2, 0.25) is 0 Å². The molecule has 2 unspecified atom stereocenters. The monoisotopic (exact) mass is 277 g/mol. The lowest BCUT2D eigenvalue weighted by molar-refractivity contribution is 0.00500. The molecule has 20 heavy (non-hydrogen) atoms. The molecule has 0 saturated carbocycles. The zero-order chi connectivity index (χ0) is 14.2. The normalized spacial score (nSPS) is 20.6. The second kappa shape index (κ2) is 8.28. The zero-order valence-electron chi connectivity index (χ0n) is 12.7. The van der Waals surface area contributed by atoms with Crippen LogP contribution in [0.15, 0.2) is 24.3 Å². The summed E-state index contributed by atoms with van der Waals surface area (Å²) < 4.78 is 11.7. The third kappa shape index (κ3) is 4.22. The predicted octanol–water partition coefficient (Wildman–Crippen LogP) is 3.70. The molecule has 1 aromatic rings. The molecule has 2 rings (SSSR count). The number of hydrogen-bond donors (Lipinski definition) is 1. The molecule has 0 radical (unpaired) electrons. The van der Waals surface area contributed by atoms with E-state index >= 15 is 0 Å². The van der Waals surface area contributed by atoms with Crippen molar-refractivity contribution in [1.82, 2.24) is 5.32 Å². The first-order valence-corrected chi connectivity index (χ1v) is 7.91. The lowest BCUT2D eigenvalue weighted by Gasteiger charge is -2.28. The van der Waals surface area contributed by atoms with Crippen LogP contribution in [0.2, 0.25) is 0 Å². The van der Waals surface area contributed by atoms with E-state index in [9.17, 15) is 0 Å². The van der Waals surface area contributed by atoms with Crippen molar-refractivity contribution in [2.24, 2.45) is 0 Å². The minimum atomic E-state index is 0.311. The van der Waals surface area contributed by atoms with E-state index in [2.05, 4.69) is 30.4 Å². The van der Waals surface area contributed by atoms with Gasteiger partial charge in [-0.15, -0.1) is 0 Å². The summed E-state index contributed by atoms with van der Waals surface area (Å²) in [6.45, 7) is 6.76. The van der Waals surface area contributed by atoms with E-state index in [-0.39, 0.29) is 0 Å². The van der Waals surface area contributed by atoms with Crippen LogP contribution in [-0.4, -0.2) is 25.9 Å². The molecule has 0 amide bonds. The zero-order valence-corrected chi connectivity index (χ0v) is 12.7. The van der Waals surface area contributed by atoms with E-state index in [1.165, 1.54) is 24.8 Å². The Labute approximate surface area is 122 Å². The Bertz CT molecular complexity index is 388. The van der Waals surface area contributed by atoms with E-state index in [0.717, 1.165) is 25.3 Å². The molecule has 3 nitrogen and oxygen atoms in total. The van der Waals surface area contributed by atoms with Gasteiger partial charge in [-0.3, -0.25) is 0 Å². The smallest absolute Gasteiger partial charge is 0.124 e. The fourth-order valence-corrected chi connectivity index (χ4v) is 2.88. The van der Waals surface area contributed by atoms with Crippen LogP contribution < -0.4 is 10.1 Å². The van der Waals surface area contributed by atoms with Gasteiger partial charge in [-0.25, -0.2) is 0 Å². The number of rotatable bonds is 7. The first-order valence-electron chi connectivity index (χ1n) is 7.91. The van der Waals surface area contributed by atoms with Crippen LogP contribution in [-0.2, 0) is 4.74 Å². The molecule has 3 heteroatoms. The number of nitrogens with one attached hydrogen (secondary N) is 1. The fraction of sp³-hybridized carbons (Fsp3) is 0.647. The summed E-state index contributed by atoms with van der Waals surface area (Å²) in [4.78, 5) is 0. The van der Waals surface area contributed by atoms with Crippen molar-refractivity contribution >= 4 is 0 Å². The van der Waals surface area contributed by atoms with Crippen molar-refractivity contribution in [3.8, 4) is 5.75 Å². The first-order chi connectivity index (χ1) is 9.85. The van der Waals surface area contributed by atoms with Crippen molar-refractivity contribution in [3.63, 3.8) is 0 Å². The Hall–Kier alpha value is -1.06. The molecular weight excluding hydrogens is 250 g/mol. The molecule has 1 N–H and O–H groups in total. The molecule has 1 aliphatic heterocycles. The van der Waals surface area contributed by atoms with Gasteiger partial charge in [0.15, 0.2) is 0 Å². The number of ether oxygens (including phenoxy) is 2. The molecule has 112 valence electrons. The Balaban J connectivity index is 2.10. The molecular formula is C17H27NO2. The van der Waals surface area contributed by atoms with Gasteiger partial charge in [0.05, 0.1) is 12.7 Å². The summed E-state index contributed by atoms with van der Waals surface area (Å²) in [5.74, 6) is 0.997. The third-order valence-corrected chi connectivity index (χ3v) is 3.82. The highest BCUT2D eigenvalue weighted by molar-refractivity contribution is 5.36. The number of para-hydroxylation sites is 1. The highest BCUT2D eigenvalue weighted by atomic mass is 16.5. The van der Waals surface area contributed by atoms with Crippen LogP contribution in [0.1, 0.15) is 51.1 Å². The Morgan fingerprint density at radius 3 is 2.85 bits per heavy atom. The maximum Gasteiger partial charge on any atom is 0.124 e. The molecule has 1 aliphatic rings. The number of hydrogen-bond acceptors (Lipinski definition) is 3. The summed E-state index contributed by atoms with van der Waals surface area (Å²) in [7, 11) is 0. The SMILES string of the molecule is CCNC(CC1CCCCO1)c1ccccc1OCC. The molecule has 1 fully saturated rings. The van der Waals surface area contributed by atoms with Gasteiger partial charge in [0.25, 0.3) is 0 Å². The molecule has 1 saturated heterocycles. The van der Waals surface area contributed by atoms with E-state index in [1.807, 2.05) is 13.0 Å².